The van der Waals surface area contributed by atoms with Gasteiger partial charge in [0.1, 0.15) is 0 Å². The fourth-order valence-corrected chi connectivity index (χ4v) is 2.62. The molecule has 0 aliphatic rings. The van der Waals surface area contributed by atoms with Gasteiger partial charge in [0.25, 0.3) is 0 Å². The van der Waals surface area contributed by atoms with Crippen molar-refractivity contribution in [2.75, 3.05) is 13.1 Å². The van der Waals surface area contributed by atoms with E-state index in [2.05, 4.69) is 35.4 Å². The zero-order valence-electron chi connectivity index (χ0n) is 10.1. The molecule has 0 amide bonds. The predicted octanol–water partition coefficient (Wildman–Crippen LogP) is 2.17. The maximum atomic E-state index is 5.84. The Kier molecular flexibility index (Phi) is 4.48. The molecule has 2 aromatic rings. The number of benzene rings is 1. The molecule has 0 fully saturated rings. The highest BCUT2D eigenvalue weighted by Gasteiger charge is 2.03. The molecule has 3 nitrogen and oxygen atoms in total. The second kappa shape index (κ2) is 6.10. The highest BCUT2D eigenvalue weighted by Crippen LogP contribution is 2.21. The number of fused-ring (bicyclic) bond motifs is 1. The molecule has 0 aliphatic heterocycles. The summed E-state index contributed by atoms with van der Waals surface area (Å²) in [5.74, 6) is 0. The normalized spacial score (nSPS) is 13.1. The van der Waals surface area contributed by atoms with Crippen LogP contribution in [-0.4, -0.2) is 24.1 Å². The molecule has 92 valence electrons. The fourth-order valence-electron chi connectivity index (χ4n) is 1.65. The standard InChI is InChI=1S/C13H19N3S/c1-2-10(14)9-15-8-7-13-16-11-5-3-4-6-12(11)17-13/h3-6,10,15H,2,7-9,14H2,1H3. The Hall–Kier alpha value is -0.970. The van der Waals surface area contributed by atoms with Crippen molar-refractivity contribution in [3.63, 3.8) is 0 Å². The molecule has 1 aromatic carbocycles. The maximum Gasteiger partial charge on any atom is 0.0951 e. The summed E-state index contributed by atoms with van der Waals surface area (Å²) in [4.78, 5) is 4.60. The van der Waals surface area contributed by atoms with Gasteiger partial charge in [0.05, 0.1) is 15.2 Å². The van der Waals surface area contributed by atoms with Gasteiger partial charge in [-0.25, -0.2) is 4.98 Å². The van der Waals surface area contributed by atoms with Gasteiger partial charge in [-0.05, 0) is 18.6 Å². The van der Waals surface area contributed by atoms with Crippen molar-refractivity contribution in [2.24, 2.45) is 5.73 Å². The first kappa shape index (κ1) is 12.5. The number of hydrogen-bond donors (Lipinski definition) is 2. The molecule has 2 rings (SSSR count). The lowest BCUT2D eigenvalue weighted by Gasteiger charge is -2.08. The van der Waals surface area contributed by atoms with E-state index in [1.54, 1.807) is 11.3 Å². The van der Waals surface area contributed by atoms with E-state index in [4.69, 9.17) is 5.73 Å². The van der Waals surface area contributed by atoms with Crippen molar-refractivity contribution < 1.29 is 0 Å². The van der Waals surface area contributed by atoms with Crippen molar-refractivity contribution in [3.05, 3.63) is 29.3 Å². The lowest BCUT2D eigenvalue weighted by molar-refractivity contribution is 0.564. The smallest absolute Gasteiger partial charge is 0.0951 e. The van der Waals surface area contributed by atoms with Crippen LogP contribution in [0.3, 0.4) is 0 Å². The first-order chi connectivity index (χ1) is 8.29. The van der Waals surface area contributed by atoms with E-state index in [0.717, 1.165) is 31.4 Å². The number of nitrogens with one attached hydrogen (secondary N) is 1. The first-order valence-electron chi connectivity index (χ1n) is 6.10. The highest BCUT2D eigenvalue weighted by atomic mass is 32.1. The Morgan fingerprint density at radius 3 is 3.00 bits per heavy atom. The highest BCUT2D eigenvalue weighted by molar-refractivity contribution is 7.18. The van der Waals surface area contributed by atoms with Crippen molar-refractivity contribution >= 4 is 21.6 Å². The summed E-state index contributed by atoms with van der Waals surface area (Å²) < 4.78 is 1.27. The number of hydrogen-bond acceptors (Lipinski definition) is 4. The largest absolute Gasteiger partial charge is 0.327 e. The van der Waals surface area contributed by atoms with Crippen molar-refractivity contribution in [1.29, 1.82) is 0 Å². The van der Waals surface area contributed by atoms with Crippen LogP contribution in [0.1, 0.15) is 18.4 Å². The third-order valence-electron chi connectivity index (χ3n) is 2.78. The lowest BCUT2D eigenvalue weighted by Crippen LogP contribution is -2.34. The minimum atomic E-state index is 0.269. The number of aromatic nitrogens is 1. The quantitative estimate of drug-likeness (QED) is 0.771. The Bertz CT molecular complexity index is 433. The number of rotatable bonds is 6. The maximum absolute atomic E-state index is 5.84. The van der Waals surface area contributed by atoms with Gasteiger partial charge in [-0.2, -0.15) is 0 Å². The first-order valence-corrected chi connectivity index (χ1v) is 6.92. The number of nitrogens with zero attached hydrogens (tertiary/aromatic N) is 1. The monoisotopic (exact) mass is 249 g/mol. The van der Waals surface area contributed by atoms with Gasteiger partial charge in [0, 0.05) is 25.6 Å². The number of para-hydroxylation sites is 1. The SMILES string of the molecule is CCC(N)CNCCc1nc2ccccc2s1. The van der Waals surface area contributed by atoms with E-state index in [-0.39, 0.29) is 6.04 Å². The minimum Gasteiger partial charge on any atom is -0.327 e. The van der Waals surface area contributed by atoms with Crippen LogP contribution in [-0.2, 0) is 6.42 Å². The average molecular weight is 249 g/mol. The molecule has 1 heterocycles. The van der Waals surface area contributed by atoms with Crippen LogP contribution in [0.2, 0.25) is 0 Å². The zero-order valence-corrected chi connectivity index (χ0v) is 11.0. The Balaban J connectivity index is 1.83. The van der Waals surface area contributed by atoms with Gasteiger partial charge < -0.3 is 11.1 Å². The number of thiazole rings is 1. The summed E-state index contributed by atoms with van der Waals surface area (Å²) in [5, 5.41) is 4.57. The molecular weight excluding hydrogens is 230 g/mol. The lowest BCUT2D eigenvalue weighted by atomic mass is 10.2. The van der Waals surface area contributed by atoms with E-state index in [0.29, 0.717) is 0 Å². The van der Waals surface area contributed by atoms with Gasteiger partial charge in [0.15, 0.2) is 0 Å². The molecule has 4 heteroatoms. The van der Waals surface area contributed by atoms with E-state index in [1.807, 2.05) is 6.07 Å². The molecule has 17 heavy (non-hydrogen) atoms. The molecule has 0 spiro atoms. The Labute approximate surface area is 106 Å². The van der Waals surface area contributed by atoms with Crippen molar-refractivity contribution in [2.45, 2.75) is 25.8 Å². The third-order valence-corrected chi connectivity index (χ3v) is 3.88. The predicted molar refractivity (Wildman–Crippen MR) is 74.5 cm³/mol. The van der Waals surface area contributed by atoms with Gasteiger partial charge >= 0.3 is 0 Å². The van der Waals surface area contributed by atoms with Gasteiger partial charge in [0.2, 0.25) is 0 Å². The second-order valence-electron chi connectivity index (χ2n) is 4.20. The van der Waals surface area contributed by atoms with Crippen LogP contribution in [0.5, 0.6) is 0 Å². The Morgan fingerprint density at radius 1 is 1.41 bits per heavy atom. The summed E-state index contributed by atoms with van der Waals surface area (Å²) in [6.07, 6.45) is 2.00. The van der Waals surface area contributed by atoms with Crippen molar-refractivity contribution in [3.8, 4) is 0 Å². The molecule has 0 radical (unpaired) electrons. The molecule has 0 saturated carbocycles. The average Bonchev–Trinajstić information content (AvgIpc) is 2.76. The summed E-state index contributed by atoms with van der Waals surface area (Å²) in [5.41, 5.74) is 6.95. The summed E-state index contributed by atoms with van der Waals surface area (Å²) in [6.45, 7) is 3.95. The van der Waals surface area contributed by atoms with Gasteiger partial charge in [-0.15, -0.1) is 11.3 Å². The van der Waals surface area contributed by atoms with E-state index >= 15 is 0 Å². The van der Waals surface area contributed by atoms with Crippen LogP contribution in [0.15, 0.2) is 24.3 Å². The molecular formula is C13H19N3S. The van der Waals surface area contributed by atoms with Crippen molar-refractivity contribution in [1.82, 2.24) is 10.3 Å². The van der Waals surface area contributed by atoms with Gasteiger partial charge in [-0.3, -0.25) is 0 Å². The minimum absolute atomic E-state index is 0.269. The van der Waals surface area contributed by atoms with Crippen LogP contribution >= 0.6 is 11.3 Å². The molecule has 0 saturated heterocycles. The zero-order chi connectivity index (χ0) is 12.1. The molecule has 0 bridgehead atoms. The molecule has 3 N–H and O–H groups in total. The van der Waals surface area contributed by atoms with Crippen LogP contribution in [0.4, 0.5) is 0 Å². The van der Waals surface area contributed by atoms with Gasteiger partial charge in [-0.1, -0.05) is 19.1 Å². The van der Waals surface area contributed by atoms with Crippen LogP contribution in [0, 0.1) is 0 Å². The molecule has 0 aliphatic carbocycles. The Morgan fingerprint density at radius 2 is 2.24 bits per heavy atom. The van der Waals surface area contributed by atoms with Crippen LogP contribution in [0.25, 0.3) is 10.2 Å². The summed E-state index contributed by atoms with van der Waals surface area (Å²) in [6, 6.07) is 8.55. The third kappa shape index (κ3) is 3.49. The second-order valence-corrected chi connectivity index (χ2v) is 5.31. The summed E-state index contributed by atoms with van der Waals surface area (Å²) >= 11 is 1.78. The number of nitrogens with two attached hydrogens (primary N) is 1. The topological polar surface area (TPSA) is 50.9 Å². The van der Waals surface area contributed by atoms with E-state index < -0.39 is 0 Å². The van der Waals surface area contributed by atoms with E-state index in [9.17, 15) is 0 Å². The summed E-state index contributed by atoms with van der Waals surface area (Å²) in [7, 11) is 0. The van der Waals surface area contributed by atoms with Crippen LogP contribution < -0.4 is 11.1 Å². The fraction of sp³-hybridized carbons (Fsp3) is 0.462. The molecule has 1 atom stereocenters. The molecule has 1 aromatic heterocycles. The van der Waals surface area contributed by atoms with E-state index in [1.165, 1.54) is 9.71 Å². The molecule has 1 unspecified atom stereocenters.